The number of likely N-dealkylation sites (tertiary alicyclic amines) is 1. The van der Waals surface area contributed by atoms with Gasteiger partial charge in [-0.25, -0.2) is 4.98 Å². The topological polar surface area (TPSA) is 55.4 Å². The quantitative estimate of drug-likeness (QED) is 0.885. The van der Waals surface area contributed by atoms with Gasteiger partial charge in [0.25, 0.3) is 0 Å². The molecular formula is C21H30N4O. The van der Waals surface area contributed by atoms with Crippen molar-refractivity contribution in [1.29, 1.82) is 0 Å². The lowest BCUT2D eigenvalue weighted by molar-refractivity contribution is 0.106. The van der Waals surface area contributed by atoms with Crippen molar-refractivity contribution in [2.24, 2.45) is 5.92 Å². The van der Waals surface area contributed by atoms with E-state index in [2.05, 4.69) is 39.7 Å². The Bertz CT molecular complexity index is 733. The molecule has 0 spiro atoms. The maximum absolute atomic E-state index is 9.98. The number of nitrogens with one attached hydrogen (secondary N) is 1. The predicted octanol–water partition coefficient (Wildman–Crippen LogP) is 3.18. The average molecular weight is 354 g/mol. The smallest absolute Gasteiger partial charge is 0.115 e. The number of hydrogen-bond acceptors (Lipinski definition) is 4. The first-order valence-corrected chi connectivity index (χ1v) is 9.91. The molecule has 1 aromatic heterocycles. The first-order chi connectivity index (χ1) is 12.6. The number of piperidine rings is 1. The molecule has 0 saturated carbocycles. The zero-order chi connectivity index (χ0) is 18.1. The Balaban J connectivity index is 1.53. The van der Waals surface area contributed by atoms with E-state index in [9.17, 15) is 5.11 Å². The highest BCUT2D eigenvalue weighted by molar-refractivity contribution is 5.36. The second-order valence-electron chi connectivity index (χ2n) is 8.08. The van der Waals surface area contributed by atoms with E-state index < -0.39 is 0 Å². The molecule has 1 aromatic carbocycles. The van der Waals surface area contributed by atoms with Crippen molar-refractivity contribution in [2.45, 2.75) is 45.2 Å². The van der Waals surface area contributed by atoms with Crippen LogP contribution in [-0.2, 0) is 6.42 Å². The third kappa shape index (κ3) is 3.51. The summed E-state index contributed by atoms with van der Waals surface area (Å²) in [7, 11) is 0. The third-order valence-corrected chi connectivity index (χ3v) is 6.08. The predicted molar refractivity (Wildman–Crippen MR) is 103 cm³/mol. The Morgan fingerprint density at radius 2 is 2.04 bits per heavy atom. The lowest BCUT2D eigenvalue weighted by atomic mass is 9.91. The van der Waals surface area contributed by atoms with Gasteiger partial charge in [0.2, 0.25) is 0 Å². The summed E-state index contributed by atoms with van der Waals surface area (Å²) in [6.07, 6.45) is 5.38. The molecule has 0 amide bonds. The lowest BCUT2D eigenvalue weighted by Crippen LogP contribution is -2.44. The van der Waals surface area contributed by atoms with E-state index in [1.807, 2.05) is 18.5 Å². The van der Waals surface area contributed by atoms with Crippen molar-refractivity contribution in [3.8, 4) is 5.75 Å². The van der Waals surface area contributed by atoms with Gasteiger partial charge in [-0.3, -0.25) is 4.90 Å². The van der Waals surface area contributed by atoms with Gasteiger partial charge in [0.05, 0.1) is 18.1 Å². The first-order valence-electron chi connectivity index (χ1n) is 9.91. The van der Waals surface area contributed by atoms with Gasteiger partial charge in [0.1, 0.15) is 5.75 Å². The van der Waals surface area contributed by atoms with Crippen LogP contribution in [0.25, 0.3) is 0 Å². The highest BCUT2D eigenvalue weighted by atomic mass is 16.3. The summed E-state index contributed by atoms with van der Waals surface area (Å²) < 4.78 is 0. The summed E-state index contributed by atoms with van der Waals surface area (Å²) >= 11 is 0. The molecule has 5 heteroatoms. The number of rotatable bonds is 4. The molecule has 2 N–H and O–H groups in total. The van der Waals surface area contributed by atoms with Crippen molar-refractivity contribution < 1.29 is 5.11 Å². The minimum absolute atomic E-state index is 0.139. The van der Waals surface area contributed by atoms with Crippen molar-refractivity contribution >= 4 is 0 Å². The van der Waals surface area contributed by atoms with Crippen molar-refractivity contribution in [1.82, 2.24) is 19.8 Å². The van der Waals surface area contributed by atoms with Crippen LogP contribution in [0.1, 0.15) is 49.7 Å². The van der Waals surface area contributed by atoms with E-state index >= 15 is 0 Å². The molecule has 140 valence electrons. The number of H-pyrrole nitrogens is 1. The Morgan fingerprint density at radius 1 is 1.23 bits per heavy atom. The number of hydrogen-bond donors (Lipinski definition) is 2. The number of fused-ring (bicyclic) bond motifs is 1. The van der Waals surface area contributed by atoms with Crippen molar-refractivity contribution in [3.05, 3.63) is 47.5 Å². The molecule has 1 atom stereocenters. The van der Waals surface area contributed by atoms with Crippen LogP contribution >= 0.6 is 0 Å². The molecule has 5 nitrogen and oxygen atoms in total. The largest absolute Gasteiger partial charge is 0.508 e. The molecule has 1 unspecified atom stereocenters. The molecule has 3 heterocycles. The van der Waals surface area contributed by atoms with Gasteiger partial charge in [-0.2, -0.15) is 0 Å². The highest BCUT2D eigenvalue weighted by Crippen LogP contribution is 2.36. The maximum Gasteiger partial charge on any atom is 0.115 e. The van der Waals surface area contributed by atoms with E-state index in [1.165, 1.54) is 31.6 Å². The molecule has 2 aliphatic rings. The van der Waals surface area contributed by atoms with Crippen LogP contribution in [0.5, 0.6) is 5.75 Å². The molecule has 0 radical (unpaired) electrons. The molecule has 4 rings (SSSR count). The number of imidazole rings is 1. The van der Waals surface area contributed by atoms with Gasteiger partial charge in [0.15, 0.2) is 0 Å². The van der Waals surface area contributed by atoms with Gasteiger partial charge in [-0.15, -0.1) is 0 Å². The number of aromatic amines is 1. The second kappa shape index (κ2) is 7.41. The van der Waals surface area contributed by atoms with Crippen LogP contribution in [0, 0.1) is 5.92 Å². The molecule has 2 aliphatic heterocycles. The molecule has 2 aromatic rings. The molecule has 1 saturated heterocycles. The lowest BCUT2D eigenvalue weighted by Gasteiger charge is -2.40. The Kier molecular flexibility index (Phi) is 5.00. The number of aromatic hydroxyl groups is 1. The minimum Gasteiger partial charge on any atom is -0.508 e. The summed E-state index contributed by atoms with van der Waals surface area (Å²) in [6, 6.07) is 8.47. The van der Waals surface area contributed by atoms with Crippen molar-refractivity contribution in [3.63, 3.8) is 0 Å². The molecule has 0 aliphatic carbocycles. The van der Waals surface area contributed by atoms with Crippen LogP contribution in [0.2, 0.25) is 0 Å². The van der Waals surface area contributed by atoms with Gasteiger partial charge >= 0.3 is 0 Å². The van der Waals surface area contributed by atoms with Crippen LogP contribution in [0.4, 0.5) is 0 Å². The Morgan fingerprint density at radius 3 is 2.77 bits per heavy atom. The van der Waals surface area contributed by atoms with E-state index in [4.69, 9.17) is 0 Å². The standard InChI is InChI=1S/C21H30N4O/c1-15(2)24-9-6-16(7-10-24)13-25-11-8-19-20(23-14-22-19)21(25)17-4-3-5-18(26)12-17/h3-5,12,14-16,21,26H,6-11,13H2,1-2H3,(H,22,23). The molecule has 26 heavy (non-hydrogen) atoms. The van der Waals surface area contributed by atoms with E-state index in [1.54, 1.807) is 6.07 Å². The van der Waals surface area contributed by atoms with E-state index in [0.717, 1.165) is 36.7 Å². The fourth-order valence-corrected chi connectivity index (χ4v) is 4.57. The molecule has 1 fully saturated rings. The van der Waals surface area contributed by atoms with Gasteiger partial charge in [0, 0.05) is 31.2 Å². The summed E-state index contributed by atoms with van der Waals surface area (Å²) in [6.45, 7) is 9.16. The second-order valence-corrected chi connectivity index (χ2v) is 8.08. The highest BCUT2D eigenvalue weighted by Gasteiger charge is 2.33. The number of aromatic nitrogens is 2. The van der Waals surface area contributed by atoms with Gasteiger partial charge in [-0.1, -0.05) is 12.1 Å². The van der Waals surface area contributed by atoms with Crippen LogP contribution < -0.4 is 0 Å². The van der Waals surface area contributed by atoms with E-state index in [-0.39, 0.29) is 6.04 Å². The summed E-state index contributed by atoms with van der Waals surface area (Å²) in [5.74, 6) is 1.07. The van der Waals surface area contributed by atoms with Crippen molar-refractivity contribution in [2.75, 3.05) is 26.2 Å². The minimum atomic E-state index is 0.139. The fourth-order valence-electron chi connectivity index (χ4n) is 4.57. The van der Waals surface area contributed by atoms with Gasteiger partial charge < -0.3 is 15.0 Å². The zero-order valence-electron chi connectivity index (χ0n) is 15.9. The summed E-state index contributed by atoms with van der Waals surface area (Å²) in [4.78, 5) is 13.1. The normalized spacial score (nSPS) is 22.7. The Labute approximate surface area is 156 Å². The van der Waals surface area contributed by atoms with Crippen LogP contribution in [0.3, 0.4) is 0 Å². The van der Waals surface area contributed by atoms with E-state index in [0.29, 0.717) is 11.8 Å². The summed E-state index contributed by atoms with van der Waals surface area (Å²) in [5.41, 5.74) is 3.50. The monoisotopic (exact) mass is 354 g/mol. The SMILES string of the molecule is CC(C)N1CCC(CN2CCc3[nH]cnc3C2c2cccc(O)c2)CC1. The fraction of sp³-hybridized carbons (Fsp3) is 0.571. The number of nitrogens with zero attached hydrogens (tertiary/aromatic N) is 3. The first kappa shape index (κ1) is 17.6. The van der Waals surface area contributed by atoms with Crippen LogP contribution in [-0.4, -0.2) is 57.1 Å². The number of phenols is 1. The number of benzene rings is 1. The number of phenolic OH excluding ortho intramolecular Hbond substituents is 1. The van der Waals surface area contributed by atoms with Gasteiger partial charge in [-0.05, 0) is 63.4 Å². The molecule has 0 bridgehead atoms. The maximum atomic E-state index is 9.98. The third-order valence-electron chi connectivity index (χ3n) is 6.08. The molecular weight excluding hydrogens is 324 g/mol. The zero-order valence-corrected chi connectivity index (χ0v) is 15.9. The summed E-state index contributed by atoms with van der Waals surface area (Å²) in [5, 5.41) is 9.98. The Hall–Kier alpha value is -1.85. The van der Waals surface area contributed by atoms with Crippen LogP contribution in [0.15, 0.2) is 30.6 Å². The average Bonchev–Trinajstić information content (AvgIpc) is 3.10.